The molecule has 0 saturated carbocycles. The molecule has 2 amide bonds. The first-order valence-corrected chi connectivity index (χ1v) is 10.5. The van der Waals surface area contributed by atoms with Gasteiger partial charge >= 0.3 is 0 Å². The molecule has 3 rings (SSSR count). The highest BCUT2D eigenvalue weighted by Crippen LogP contribution is 2.21. The molecule has 150 valence electrons. The zero-order chi connectivity index (χ0) is 21.0. The van der Waals surface area contributed by atoms with Crippen molar-refractivity contribution >= 4 is 46.4 Å². The van der Waals surface area contributed by atoms with Gasteiger partial charge in [0.25, 0.3) is 11.8 Å². The van der Waals surface area contributed by atoms with E-state index < -0.39 is 5.91 Å². The summed E-state index contributed by atoms with van der Waals surface area (Å²) in [5, 5.41) is 5.45. The maximum Gasteiger partial charge on any atom is 0.281 e. The van der Waals surface area contributed by atoms with Gasteiger partial charge in [-0.15, -0.1) is 11.3 Å². The van der Waals surface area contributed by atoms with Gasteiger partial charge in [0, 0.05) is 34.7 Å². The second-order valence-electron chi connectivity index (χ2n) is 6.68. The van der Waals surface area contributed by atoms with E-state index in [1.165, 1.54) is 17.4 Å². The van der Waals surface area contributed by atoms with Crippen LogP contribution in [-0.2, 0) is 6.54 Å². The van der Waals surface area contributed by atoms with Crippen molar-refractivity contribution in [3.05, 3.63) is 85.6 Å². The first-order valence-electron chi connectivity index (χ1n) is 8.91. The second kappa shape index (κ2) is 9.39. The van der Waals surface area contributed by atoms with E-state index >= 15 is 0 Å². The van der Waals surface area contributed by atoms with E-state index in [-0.39, 0.29) is 17.0 Å². The Morgan fingerprint density at radius 3 is 2.69 bits per heavy atom. The Bertz CT molecular complexity index is 1120. The summed E-state index contributed by atoms with van der Waals surface area (Å²) >= 11 is 13.3. The van der Waals surface area contributed by atoms with Crippen molar-refractivity contribution in [2.75, 3.05) is 0 Å². The summed E-state index contributed by atoms with van der Waals surface area (Å²) in [5.41, 5.74) is 1.82. The molecule has 1 aromatic heterocycles. The number of benzene rings is 2. The molecule has 3 aromatic rings. The minimum absolute atomic E-state index is 0.0634. The summed E-state index contributed by atoms with van der Waals surface area (Å²) in [6.07, 6.45) is 1.85. The highest BCUT2D eigenvalue weighted by Gasteiger charge is 2.11. The van der Waals surface area contributed by atoms with Gasteiger partial charge in [0.2, 0.25) is 0 Å². The number of amides is 2. The van der Waals surface area contributed by atoms with Gasteiger partial charge in [-0.3, -0.25) is 9.59 Å². The van der Waals surface area contributed by atoms with Gasteiger partial charge in [0.1, 0.15) is 0 Å². The third kappa shape index (κ3) is 5.56. The topological polar surface area (TPSA) is 63.5 Å². The van der Waals surface area contributed by atoms with Crippen LogP contribution in [-0.4, -0.2) is 22.4 Å². The van der Waals surface area contributed by atoms with Gasteiger partial charge in [-0.25, -0.2) is 0 Å². The number of nitrogens with zero attached hydrogens (tertiary/aromatic N) is 2. The lowest BCUT2D eigenvalue weighted by atomic mass is 10.1. The molecule has 29 heavy (non-hydrogen) atoms. The van der Waals surface area contributed by atoms with Crippen LogP contribution in [0.15, 0.2) is 59.0 Å². The SMILES string of the molecule is CC(C)NC(=O)c1cccc(Cn2ccsc2=NC(=O)c2ccc(Cl)cc2Cl)c1. The van der Waals surface area contributed by atoms with Crippen molar-refractivity contribution in [1.82, 2.24) is 9.88 Å². The van der Waals surface area contributed by atoms with Crippen molar-refractivity contribution < 1.29 is 9.59 Å². The number of thiazole rings is 1. The Morgan fingerprint density at radius 2 is 1.97 bits per heavy atom. The van der Waals surface area contributed by atoms with Gasteiger partial charge in [0.15, 0.2) is 4.80 Å². The van der Waals surface area contributed by atoms with Crippen molar-refractivity contribution in [3.63, 3.8) is 0 Å². The lowest BCUT2D eigenvalue weighted by molar-refractivity contribution is 0.0942. The van der Waals surface area contributed by atoms with Gasteiger partial charge in [-0.1, -0.05) is 35.3 Å². The Balaban J connectivity index is 1.85. The number of aromatic nitrogens is 1. The lowest BCUT2D eigenvalue weighted by Gasteiger charge is -2.10. The molecular weight excluding hydrogens is 429 g/mol. The van der Waals surface area contributed by atoms with Crippen LogP contribution in [0.4, 0.5) is 0 Å². The fourth-order valence-electron chi connectivity index (χ4n) is 2.67. The molecule has 0 spiro atoms. The maximum absolute atomic E-state index is 12.5. The molecule has 2 aromatic carbocycles. The van der Waals surface area contributed by atoms with Gasteiger partial charge in [-0.05, 0) is 49.7 Å². The van der Waals surface area contributed by atoms with E-state index in [0.29, 0.717) is 27.5 Å². The van der Waals surface area contributed by atoms with Crippen molar-refractivity contribution in [3.8, 4) is 0 Å². The Labute approximate surface area is 182 Å². The summed E-state index contributed by atoms with van der Waals surface area (Å²) in [7, 11) is 0. The van der Waals surface area contributed by atoms with Crippen LogP contribution in [0.2, 0.25) is 10.0 Å². The van der Waals surface area contributed by atoms with E-state index in [0.717, 1.165) is 5.56 Å². The Kier molecular flexibility index (Phi) is 6.90. The van der Waals surface area contributed by atoms with Gasteiger partial charge < -0.3 is 9.88 Å². The molecule has 8 heteroatoms. The van der Waals surface area contributed by atoms with Gasteiger partial charge in [0.05, 0.1) is 10.6 Å². The standard InChI is InChI=1S/C21H19Cl2N3O2S/c1-13(2)24-19(27)15-5-3-4-14(10-15)12-26-8-9-29-21(26)25-20(28)17-7-6-16(22)11-18(17)23/h3-11,13H,12H2,1-2H3,(H,24,27). The third-order valence-electron chi connectivity index (χ3n) is 3.98. The van der Waals surface area contributed by atoms with E-state index in [1.807, 2.05) is 48.2 Å². The molecule has 0 radical (unpaired) electrons. The number of halogens is 2. The molecule has 0 aliphatic carbocycles. The van der Waals surface area contributed by atoms with Crippen molar-refractivity contribution in [2.24, 2.45) is 4.99 Å². The summed E-state index contributed by atoms with van der Waals surface area (Å²) in [6, 6.07) is 12.1. The molecule has 0 fully saturated rings. The van der Waals surface area contributed by atoms with E-state index in [1.54, 1.807) is 18.2 Å². The number of hydrogen-bond acceptors (Lipinski definition) is 3. The zero-order valence-corrected chi connectivity index (χ0v) is 18.2. The predicted molar refractivity (Wildman–Crippen MR) is 117 cm³/mol. The molecule has 0 unspecified atom stereocenters. The molecule has 5 nitrogen and oxygen atoms in total. The number of rotatable bonds is 5. The van der Waals surface area contributed by atoms with Crippen LogP contribution in [0.1, 0.15) is 40.1 Å². The highest BCUT2D eigenvalue weighted by molar-refractivity contribution is 7.07. The smallest absolute Gasteiger partial charge is 0.281 e. The quantitative estimate of drug-likeness (QED) is 0.611. The lowest BCUT2D eigenvalue weighted by Crippen LogP contribution is -2.30. The molecule has 0 aliphatic heterocycles. The minimum atomic E-state index is -0.437. The van der Waals surface area contributed by atoms with Crippen LogP contribution < -0.4 is 10.1 Å². The first kappa shape index (κ1) is 21.3. The van der Waals surface area contributed by atoms with Crippen molar-refractivity contribution in [1.29, 1.82) is 0 Å². The average Bonchev–Trinajstić information content (AvgIpc) is 3.07. The number of carbonyl (C=O) groups excluding carboxylic acids is 2. The van der Waals surface area contributed by atoms with Crippen LogP contribution in [0.3, 0.4) is 0 Å². The monoisotopic (exact) mass is 447 g/mol. The summed E-state index contributed by atoms with van der Waals surface area (Å²) in [5.74, 6) is -0.553. The molecule has 0 bridgehead atoms. The first-order chi connectivity index (χ1) is 13.8. The highest BCUT2D eigenvalue weighted by atomic mass is 35.5. The van der Waals surface area contributed by atoms with Gasteiger partial charge in [-0.2, -0.15) is 4.99 Å². The van der Waals surface area contributed by atoms with Crippen LogP contribution in [0.25, 0.3) is 0 Å². The van der Waals surface area contributed by atoms with Crippen LogP contribution in [0.5, 0.6) is 0 Å². The average molecular weight is 448 g/mol. The third-order valence-corrected chi connectivity index (χ3v) is 5.32. The molecular formula is C21H19Cl2N3O2S. The van der Waals surface area contributed by atoms with Crippen LogP contribution in [0, 0.1) is 0 Å². The number of nitrogens with one attached hydrogen (secondary N) is 1. The molecule has 1 N–H and O–H groups in total. The zero-order valence-electron chi connectivity index (χ0n) is 15.9. The normalized spacial score (nSPS) is 11.7. The molecule has 0 atom stereocenters. The number of carbonyl (C=O) groups is 2. The largest absolute Gasteiger partial charge is 0.350 e. The minimum Gasteiger partial charge on any atom is -0.350 e. The fraction of sp³-hybridized carbons (Fsp3) is 0.190. The Hall–Kier alpha value is -2.41. The molecule has 1 heterocycles. The number of hydrogen-bond donors (Lipinski definition) is 1. The van der Waals surface area contributed by atoms with E-state index in [4.69, 9.17) is 23.2 Å². The van der Waals surface area contributed by atoms with Crippen molar-refractivity contribution in [2.45, 2.75) is 26.4 Å². The van der Waals surface area contributed by atoms with E-state index in [9.17, 15) is 9.59 Å². The van der Waals surface area contributed by atoms with Crippen LogP contribution >= 0.6 is 34.5 Å². The molecule has 0 saturated heterocycles. The summed E-state index contributed by atoms with van der Waals surface area (Å²) in [4.78, 5) is 29.5. The molecule has 0 aliphatic rings. The Morgan fingerprint density at radius 1 is 1.17 bits per heavy atom. The van der Waals surface area contributed by atoms with E-state index in [2.05, 4.69) is 10.3 Å². The maximum atomic E-state index is 12.5. The summed E-state index contributed by atoms with van der Waals surface area (Å²) < 4.78 is 1.85. The second-order valence-corrected chi connectivity index (χ2v) is 8.40. The summed E-state index contributed by atoms with van der Waals surface area (Å²) in [6.45, 7) is 4.31. The predicted octanol–water partition coefficient (Wildman–Crippen LogP) is 4.78. The fourth-order valence-corrected chi connectivity index (χ4v) is 3.89.